The van der Waals surface area contributed by atoms with Gasteiger partial charge in [0.05, 0.1) is 4.90 Å². The summed E-state index contributed by atoms with van der Waals surface area (Å²) in [5, 5.41) is 0. The first-order valence-corrected chi connectivity index (χ1v) is 8.18. The van der Waals surface area contributed by atoms with Gasteiger partial charge in [-0.05, 0) is 31.9 Å². The molecule has 6 heteroatoms. The monoisotopic (exact) mass is 298 g/mol. The van der Waals surface area contributed by atoms with Crippen molar-refractivity contribution in [1.82, 2.24) is 4.72 Å². The number of carbonyl (C=O) groups excluding carboxylic acids is 1. The Morgan fingerprint density at radius 1 is 1.20 bits per heavy atom. The number of nitrogens with one attached hydrogen (secondary N) is 1. The van der Waals surface area contributed by atoms with E-state index in [4.69, 9.17) is 5.73 Å². The largest absolute Gasteiger partial charge is 0.328 e. The molecule has 2 unspecified atom stereocenters. The Kier molecular flexibility index (Phi) is 6.16. The van der Waals surface area contributed by atoms with E-state index in [-0.39, 0.29) is 16.9 Å². The average Bonchev–Trinajstić information content (AvgIpc) is 2.38. The number of carbonyl (C=O) groups is 1. The van der Waals surface area contributed by atoms with E-state index >= 15 is 0 Å². The third-order valence-corrected chi connectivity index (χ3v) is 4.40. The lowest BCUT2D eigenvalue weighted by atomic mass is 10.0. The van der Waals surface area contributed by atoms with Gasteiger partial charge < -0.3 is 5.73 Å². The van der Waals surface area contributed by atoms with E-state index in [1.54, 1.807) is 25.1 Å². The van der Waals surface area contributed by atoms with E-state index in [1.165, 1.54) is 12.1 Å². The first-order valence-electron chi connectivity index (χ1n) is 6.70. The third kappa shape index (κ3) is 5.30. The lowest BCUT2D eigenvalue weighted by Crippen LogP contribution is -2.34. The maximum absolute atomic E-state index is 12.0. The second-order valence-electron chi connectivity index (χ2n) is 5.09. The molecule has 1 amide bonds. The molecule has 0 aromatic heterocycles. The quantitative estimate of drug-likeness (QED) is 0.801. The van der Waals surface area contributed by atoms with Crippen LogP contribution in [0.1, 0.15) is 33.1 Å². The van der Waals surface area contributed by atoms with Gasteiger partial charge in [0.15, 0.2) is 0 Å². The summed E-state index contributed by atoms with van der Waals surface area (Å²) in [5.41, 5.74) is 5.64. The molecule has 0 saturated carbocycles. The van der Waals surface area contributed by atoms with E-state index < -0.39 is 15.9 Å². The molecule has 0 aliphatic carbocycles. The van der Waals surface area contributed by atoms with Gasteiger partial charge in [0, 0.05) is 12.0 Å². The Bertz CT molecular complexity index is 527. The van der Waals surface area contributed by atoms with Crippen molar-refractivity contribution in [3.05, 3.63) is 30.3 Å². The Hall–Kier alpha value is -1.40. The van der Waals surface area contributed by atoms with Crippen LogP contribution in [0.25, 0.3) is 0 Å². The fraction of sp³-hybridized carbons (Fsp3) is 0.500. The first-order chi connectivity index (χ1) is 9.33. The summed E-state index contributed by atoms with van der Waals surface area (Å²) < 4.78 is 26.1. The Labute approximate surface area is 120 Å². The molecule has 0 radical (unpaired) electrons. The number of hydrogen-bond donors (Lipinski definition) is 2. The molecule has 0 aliphatic heterocycles. The van der Waals surface area contributed by atoms with E-state index in [0.717, 1.165) is 12.8 Å². The molecular weight excluding hydrogens is 276 g/mol. The molecule has 2 atom stereocenters. The SMILES string of the molecule is CC(N)CCCC(C)C(=O)NS(=O)(=O)c1ccccc1. The molecule has 3 N–H and O–H groups in total. The molecule has 5 nitrogen and oxygen atoms in total. The molecule has 0 bridgehead atoms. The van der Waals surface area contributed by atoms with E-state index in [1.807, 2.05) is 6.92 Å². The summed E-state index contributed by atoms with van der Waals surface area (Å²) in [7, 11) is -3.77. The van der Waals surface area contributed by atoms with Gasteiger partial charge >= 0.3 is 0 Å². The van der Waals surface area contributed by atoms with Crippen LogP contribution in [-0.2, 0) is 14.8 Å². The van der Waals surface area contributed by atoms with Crippen molar-refractivity contribution in [1.29, 1.82) is 0 Å². The highest BCUT2D eigenvalue weighted by atomic mass is 32.2. The number of hydrogen-bond acceptors (Lipinski definition) is 4. The number of nitrogens with two attached hydrogens (primary N) is 1. The lowest BCUT2D eigenvalue weighted by molar-refractivity contribution is -0.122. The van der Waals surface area contributed by atoms with Crippen LogP contribution in [0.4, 0.5) is 0 Å². The zero-order valence-electron chi connectivity index (χ0n) is 11.9. The second-order valence-corrected chi connectivity index (χ2v) is 6.77. The molecule has 0 heterocycles. The van der Waals surface area contributed by atoms with Gasteiger partial charge in [-0.15, -0.1) is 0 Å². The normalized spacial score (nSPS) is 14.6. The van der Waals surface area contributed by atoms with Crippen LogP contribution < -0.4 is 10.5 Å². The summed E-state index contributed by atoms with van der Waals surface area (Å²) >= 11 is 0. The molecule has 1 aromatic carbocycles. The molecular formula is C14H22N2O3S. The van der Waals surface area contributed by atoms with Gasteiger partial charge in [0.2, 0.25) is 5.91 Å². The molecule has 1 rings (SSSR count). The summed E-state index contributed by atoms with van der Waals surface area (Å²) in [6.07, 6.45) is 2.25. The Morgan fingerprint density at radius 2 is 1.80 bits per heavy atom. The molecule has 1 aromatic rings. The minimum absolute atomic E-state index is 0.0936. The minimum atomic E-state index is -3.77. The van der Waals surface area contributed by atoms with Crippen LogP contribution in [0.15, 0.2) is 35.2 Å². The van der Waals surface area contributed by atoms with Crippen LogP contribution in [-0.4, -0.2) is 20.4 Å². The van der Waals surface area contributed by atoms with Crippen molar-refractivity contribution in [2.24, 2.45) is 11.7 Å². The highest BCUT2D eigenvalue weighted by Gasteiger charge is 2.21. The van der Waals surface area contributed by atoms with Gasteiger partial charge in [-0.3, -0.25) is 4.79 Å². The summed E-state index contributed by atoms with van der Waals surface area (Å²) in [4.78, 5) is 12.0. The predicted molar refractivity (Wildman–Crippen MR) is 78.4 cm³/mol. The van der Waals surface area contributed by atoms with Gasteiger partial charge in [0.1, 0.15) is 0 Å². The van der Waals surface area contributed by atoms with E-state index in [2.05, 4.69) is 4.72 Å². The van der Waals surface area contributed by atoms with Gasteiger partial charge in [-0.1, -0.05) is 31.5 Å². The van der Waals surface area contributed by atoms with E-state index in [9.17, 15) is 13.2 Å². The number of amides is 1. The molecule has 20 heavy (non-hydrogen) atoms. The van der Waals surface area contributed by atoms with Crippen molar-refractivity contribution < 1.29 is 13.2 Å². The highest BCUT2D eigenvalue weighted by Crippen LogP contribution is 2.12. The fourth-order valence-corrected chi connectivity index (χ4v) is 2.87. The summed E-state index contributed by atoms with van der Waals surface area (Å²) in [6, 6.07) is 7.96. The average molecular weight is 298 g/mol. The zero-order chi connectivity index (χ0) is 15.2. The van der Waals surface area contributed by atoms with Crippen molar-refractivity contribution in [2.75, 3.05) is 0 Å². The minimum Gasteiger partial charge on any atom is -0.328 e. The van der Waals surface area contributed by atoms with Crippen molar-refractivity contribution in [3.8, 4) is 0 Å². The molecule has 0 saturated heterocycles. The van der Waals surface area contributed by atoms with Gasteiger partial charge in [0.25, 0.3) is 10.0 Å². The van der Waals surface area contributed by atoms with Crippen molar-refractivity contribution >= 4 is 15.9 Å². The van der Waals surface area contributed by atoms with Crippen molar-refractivity contribution in [3.63, 3.8) is 0 Å². The maximum atomic E-state index is 12.0. The summed E-state index contributed by atoms with van der Waals surface area (Å²) in [5.74, 6) is -0.828. The third-order valence-electron chi connectivity index (χ3n) is 3.03. The van der Waals surface area contributed by atoms with Crippen LogP contribution in [0, 0.1) is 5.92 Å². The smallest absolute Gasteiger partial charge is 0.264 e. The topological polar surface area (TPSA) is 89.3 Å². The first kappa shape index (κ1) is 16.7. The molecule has 0 spiro atoms. The van der Waals surface area contributed by atoms with Crippen LogP contribution in [0.5, 0.6) is 0 Å². The molecule has 0 aliphatic rings. The van der Waals surface area contributed by atoms with Gasteiger partial charge in [-0.2, -0.15) is 0 Å². The zero-order valence-corrected chi connectivity index (χ0v) is 12.7. The van der Waals surface area contributed by atoms with E-state index in [0.29, 0.717) is 6.42 Å². The molecule has 112 valence electrons. The predicted octanol–water partition coefficient (Wildman–Crippen LogP) is 1.65. The number of benzene rings is 1. The highest BCUT2D eigenvalue weighted by molar-refractivity contribution is 7.90. The summed E-state index contributed by atoms with van der Waals surface area (Å²) in [6.45, 7) is 3.63. The Balaban J connectivity index is 2.57. The maximum Gasteiger partial charge on any atom is 0.264 e. The van der Waals surface area contributed by atoms with Gasteiger partial charge in [-0.25, -0.2) is 13.1 Å². The number of rotatable bonds is 7. The van der Waals surface area contributed by atoms with Crippen LogP contribution in [0.3, 0.4) is 0 Å². The standard InChI is InChI=1S/C14H22N2O3S/c1-11(7-6-8-12(2)15)14(17)16-20(18,19)13-9-4-3-5-10-13/h3-5,9-12H,6-8,15H2,1-2H3,(H,16,17). The van der Waals surface area contributed by atoms with Crippen molar-refractivity contribution in [2.45, 2.75) is 44.0 Å². The second kappa shape index (κ2) is 7.40. The van der Waals surface area contributed by atoms with Crippen LogP contribution >= 0.6 is 0 Å². The number of sulfonamides is 1. The fourth-order valence-electron chi connectivity index (χ4n) is 1.77. The molecule has 0 fully saturated rings. The Morgan fingerprint density at radius 3 is 2.35 bits per heavy atom. The van der Waals surface area contributed by atoms with Crippen LogP contribution in [0.2, 0.25) is 0 Å². The lowest BCUT2D eigenvalue weighted by Gasteiger charge is -2.13.